The lowest BCUT2D eigenvalue weighted by Crippen LogP contribution is -2.38. The lowest BCUT2D eigenvalue weighted by molar-refractivity contribution is -0.134. The van der Waals surface area contributed by atoms with Gasteiger partial charge >= 0.3 is 0 Å². The fourth-order valence-corrected chi connectivity index (χ4v) is 2.63. The lowest BCUT2D eigenvalue weighted by atomic mass is 9.98. The summed E-state index contributed by atoms with van der Waals surface area (Å²) in [5.74, 6) is -0.0245. The molecule has 1 atom stereocenters. The van der Waals surface area contributed by atoms with E-state index in [9.17, 15) is 9.90 Å². The van der Waals surface area contributed by atoms with E-state index in [1.807, 2.05) is 4.90 Å². The van der Waals surface area contributed by atoms with Crippen LogP contribution in [0.1, 0.15) is 18.4 Å². The number of benzene rings is 1. The number of nitrogens with zero attached hydrogens (tertiary/aromatic N) is 1. The second kappa shape index (κ2) is 6.26. The van der Waals surface area contributed by atoms with Gasteiger partial charge in [-0.05, 0) is 37.0 Å². The Morgan fingerprint density at radius 1 is 1.42 bits per heavy atom. The summed E-state index contributed by atoms with van der Waals surface area (Å²) >= 11 is 5.87. The van der Waals surface area contributed by atoms with Crippen molar-refractivity contribution in [3.63, 3.8) is 0 Å². The summed E-state index contributed by atoms with van der Waals surface area (Å²) < 4.78 is 0. The van der Waals surface area contributed by atoms with E-state index in [1.54, 1.807) is 18.2 Å². The molecule has 1 fully saturated rings. The number of aromatic hydroxyl groups is 1. The van der Waals surface area contributed by atoms with Crippen molar-refractivity contribution in [1.29, 1.82) is 0 Å². The van der Waals surface area contributed by atoms with Crippen LogP contribution in [0.25, 0.3) is 0 Å². The second-order valence-electron chi connectivity index (χ2n) is 4.95. The van der Waals surface area contributed by atoms with E-state index in [-0.39, 0.29) is 17.6 Å². The Morgan fingerprint density at radius 3 is 2.68 bits per heavy atom. The molecule has 104 valence electrons. The van der Waals surface area contributed by atoms with Crippen molar-refractivity contribution in [2.24, 2.45) is 11.7 Å². The minimum atomic E-state index is -0.210. The first-order valence-electron chi connectivity index (χ1n) is 6.58. The van der Waals surface area contributed by atoms with Gasteiger partial charge in [0, 0.05) is 19.6 Å². The predicted octanol–water partition coefficient (Wildman–Crippen LogP) is 1.79. The van der Waals surface area contributed by atoms with Crippen LogP contribution in [0.5, 0.6) is 5.75 Å². The molecule has 0 aromatic heterocycles. The van der Waals surface area contributed by atoms with Crippen molar-refractivity contribution < 1.29 is 9.90 Å². The molecule has 4 nitrogen and oxygen atoms in total. The maximum absolute atomic E-state index is 12.3. The molecule has 0 saturated carbocycles. The molecule has 0 bridgehead atoms. The average molecular weight is 283 g/mol. The van der Waals surface area contributed by atoms with E-state index in [0.717, 1.165) is 31.5 Å². The summed E-state index contributed by atoms with van der Waals surface area (Å²) in [6.07, 6.45) is 2.72. The zero-order valence-electron chi connectivity index (χ0n) is 10.8. The summed E-state index contributed by atoms with van der Waals surface area (Å²) in [6, 6.07) is 5.02. The molecule has 19 heavy (non-hydrogen) atoms. The third kappa shape index (κ3) is 3.39. The van der Waals surface area contributed by atoms with E-state index < -0.39 is 0 Å². The van der Waals surface area contributed by atoms with E-state index in [0.29, 0.717) is 18.0 Å². The number of hydrogen-bond acceptors (Lipinski definition) is 3. The number of likely N-dealkylation sites (tertiary alicyclic amines) is 1. The molecular weight excluding hydrogens is 264 g/mol. The van der Waals surface area contributed by atoms with Crippen LogP contribution in [-0.4, -0.2) is 35.5 Å². The molecule has 1 aromatic carbocycles. The summed E-state index contributed by atoms with van der Waals surface area (Å²) in [6.45, 7) is 2.01. The Bertz CT molecular complexity index is 459. The van der Waals surface area contributed by atoms with Crippen molar-refractivity contribution >= 4 is 17.5 Å². The minimum Gasteiger partial charge on any atom is -0.506 e. The van der Waals surface area contributed by atoms with Crippen LogP contribution < -0.4 is 5.73 Å². The number of rotatable bonds is 4. The van der Waals surface area contributed by atoms with Crippen LogP contribution in [-0.2, 0) is 11.2 Å². The molecule has 0 radical (unpaired) electrons. The van der Waals surface area contributed by atoms with E-state index in [4.69, 9.17) is 17.3 Å². The number of nitrogens with two attached hydrogens (primary N) is 1. The molecule has 1 aliphatic heterocycles. The van der Waals surface area contributed by atoms with Crippen molar-refractivity contribution in [3.05, 3.63) is 28.8 Å². The Kier molecular flexibility index (Phi) is 4.66. The molecule has 2 rings (SSSR count). The summed E-state index contributed by atoms with van der Waals surface area (Å²) in [5, 5.41) is 9.69. The zero-order chi connectivity index (χ0) is 13.8. The highest BCUT2D eigenvalue weighted by molar-refractivity contribution is 6.32. The standard InChI is InChI=1S/C14H19ClN2O2/c15-12-8-10(3-4-13(12)18)7-11(9-16)14(19)17-5-1-2-6-17/h3-4,8,11,18H,1-2,5-7,9,16H2. The molecule has 3 N–H and O–H groups in total. The van der Waals surface area contributed by atoms with Crippen LogP contribution >= 0.6 is 11.6 Å². The maximum Gasteiger partial charge on any atom is 0.227 e. The number of phenols is 1. The molecule has 0 spiro atoms. The fraction of sp³-hybridized carbons (Fsp3) is 0.500. The molecular formula is C14H19ClN2O2. The van der Waals surface area contributed by atoms with Gasteiger partial charge in [-0.15, -0.1) is 0 Å². The number of hydrogen-bond donors (Lipinski definition) is 2. The number of phenolic OH excluding ortho intramolecular Hbond substituents is 1. The largest absolute Gasteiger partial charge is 0.506 e. The second-order valence-corrected chi connectivity index (χ2v) is 5.36. The minimum absolute atomic E-state index is 0.0561. The summed E-state index contributed by atoms with van der Waals surface area (Å²) in [5.41, 5.74) is 6.65. The molecule has 0 aliphatic carbocycles. The van der Waals surface area contributed by atoms with E-state index in [2.05, 4.69) is 0 Å². The van der Waals surface area contributed by atoms with Crippen molar-refractivity contribution in [2.75, 3.05) is 19.6 Å². The molecule has 1 heterocycles. The monoisotopic (exact) mass is 282 g/mol. The SMILES string of the molecule is NCC(Cc1ccc(O)c(Cl)c1)C(=O)N1CCCC1. The smallest absolute Gasteiger partial charge is 0.227 e. The predicted molar refractivity (Wildman–Crippen MR) is 75.2 cm³/mol. The molecule has 1 amide bonds. The highest BCUT2D eigenvalue weighted by atomic mass is 35.5. The first-order chi connectivity index (χ1) is 9.11. The molecule has 5 heteroatoms. The van der Waals surface area contributed by atoms with Gasteiger partial charge in [0.05, 0.1) is 10.9 Å². The Hall–Kier alpha value is -1.26. The average Bonchev–Trinajstić information content (AvgIpc) is 2.93. The summed E-state index contributed by atoms with van der Waals surface area (Å²) in [7, 11) is 0. The Morgan fingerprint density at radius 2 is 2.11 bits per heavy atom. The molecule has 1 aromatic rings. The van der Waals surface area contributed by atoms with Crippen LogP contribution in [0.2, 0.25) is 5.02 Å². The fourth-order valence-electron chi connectivity index (χ4n) is 2.43. The quantitative estimate of drug-likeness (QED) is 0.885. The van der Waals surface area contributed by atoms with Gasteiger partial charge in [0.25, 0.3) is 0 Å². The summed E-state index contributed by atoms with van der Waals surface area (Å²) in [4.78, 5) is 14.2. The van der Waals surface area contributed by atoms with Crippen LogP contribution in [0.3, 0.4) is 0 Å². The van der Waals surface area contributed by atoms with E-state index in [1.165, 1.54) is 0 Å². The van der Waals surface area contributed by atoms with Gasteiger partial charge in [0.2, 0.25) is 5.91 Å². The topological polar surface area (TPSA) is 66.6 Å². The number of amides is 1. The Balaban J connectivity index is 2.05. The van der Waals surface area contributed by atoms with Gasteiger partial charge in [0.15, 0.2) is 0 Å². The lowest BCUT2D eigenvalue weighted by Gasteiger charge is -2.22. The molecule has 1 saturated heterocycles. The van der Waals surface area contributed by atoms with Gasteiger partial charge in [0.1, 0.15) is 5.75 Å². The maximum atomic E-state index is 12.3. The van der Waals surface area contributed by atoms with Gasteiger partial charge < -0.3 is 15.7 Å². The highest BCUT2D eigenvalue weighted by Crippen LogP contribution is 2.25. The van der Waals surface area contributed by atoms with Crippen LogP contribution in [0.4, 0.5) is 0 Å². The molecule has 1 aliphatic rings. The van der Waals surface area contributed by atoms with Crippen molar-refractivity contribution in [2.45, 2.75) is 19.3 Å². The Labute approximate surface area is 118 Å². The molecule has 1 unspecified atom stereocenters. The number of carbonyl (C=O) groups excluding carboxylic acids is 1. The van der Waals surface area contributed by atoms with Gasteiger partial charge in [-0.2, -0.15) is 0 Å². The first-order valence-corrected chi connectivity index (χ1v) is 6.96. The number of carbonyl (C=O) groups is 1. The van der Waals surface area contributed by atoms with Crippen LogP contribution in [0, 0.1) is 5.92 Å². The van der Waals surface area contributed by atoms with Gasteiger partial charge in [-0.3, -0.25) is 4.79 Å². The normalized spacial score (nSPS) is 16.6. The van der Waals surface area contributed by atoms with Gasteiger partial charge in [-0.1, -0.05) is 17.7 Å². The van der Waals surface area contributed by atoms with Crippen molar-refractivity contribution in [1.82, 2.24) is 4.90 Å². The van der Waals surface area contributed by atoms with Crippen molar-refractivity contribution in [3.8, 4) is 5.75 Å². The third-order valence-electron chi connectivity index (χ3n) is 3.55. The third-order valence-corrected chi connectivity index (χ3v) is 3.85. The zero-order valence-corrected chi connectivity index (χ0v) is 11.6. The van der Waals surface area contributed by atoms with Gasteiger partial charge in [-0.25, -0.2) is 0 Å². The van der Waals surface area contributed by atoms with Crippen LogP contribution in [0.15, 0.2) is 18.2 Å². The van der Waals surface area contributed by atoms with E-state index >= 15 is 0 Å². The first kappa shape index (κ1) is 14.2. The highest BCUT2D eigenvalue weighted by Gasteiger charge is 2.25. The number of halogens is 1.